The van der Waals surface area contributed by atoms with Gasteiger partial charge in [-0.25, -0.2) is 0 Å². The van der Waals surface area contributed by atoms with E-state index in [9.17, 15) is 14.4 Å². The fourth-order valence-corrected chi connectivity index (χ4v) is 2.14. The van der Waals surface area contributed by atoms with Gasteiger partial charge in [0, 0.05) is 23.9 Å². The molecule has 0 saturated heterocycles. The van der Waals surface area contributed by atoms with Crippen molar-refractivity contribution in [1.82, 2.24) is 0 Å². The topological polar surface area (TPSA) is 84.5 Å². The molecule has 130 valence electrons. The number of ether oxygens (including phenoxy) is 1. The first-order valence-corrected chi connectivity index (χ1v) is 7.81. The van der Waals surface area contributed by atoms with Crippen LogP contribution in [0.15, 0.2) is 48.5 Å². The second kappa shape index (κ2) is 8.10. The van der Waals surface area contributed by atoms with Gasteiger partial charge in [-0.05, 0) is 50.2 Å². The molecule has 0 fully saturated rings. The molecule has 2 aromatic carbocycles. The van der Waals surface area contributed by atoms with E-state index in [4.69, 9.17) is 4.74 Å². The fourth-order valence-electron chi connectivity index (χ4n) is 2.14. The van der Waals surface area contributed by atoms with Crippen molar-refractivity contribution in [2.75, 3.05) is 10.6 Å². The van der Waals surface area contributed by atoms with Crippen LogP contribution in [0.25, 0.3) is 0 Å². The average Bonchev–Trinajstić information content (AvgIpc) is 2.56. The minimum absolute atomic E-state index is 0.0698. The Bertz CT molecular complexity index is 784. The minimum atomic E-state index is -0.729. The first kappa shape index (κ1) is 18.2. The molecule has 6 heteroatoms. The summed E-state index contributed by atoms with van der Waals surface area (Å²) >= 11 is 0. The molecule has 6 nitrogen and oxygen atoms in total. The molecule has 0 radical (unpaired) electrons. The Morgan fingerprint density at radius 1 is 0.920 bits per heavy atom. The normalized spacial score (nSPS) is 11.3. The van der Waals surface area contributed by atoms with E-state index < -0.39 is 6.10 Å². The molecule has 2 amide bonds. The number of nitrogens with one attached hydrogen (secondary N) is 2. The molecule has 0 saturated carbocycles. The minimum Gasteiger partial charge on any atom is -0.481 e. The van der Waals surface area contributed by atoms with Gasteiger partial charge < -0.3 is 15.4 Å². The molecule has 1 atom stereocenters. The summed E-state index contributed by atoms with van der Waals surface area (Å²) in [7, 11) is 0. The zero-order valence-electron chi connectivity index (χ0n) is 14.3. The Balaban J connectivity index is 1.97. The molecule has 0 spiro atoms. The van der Waals surface area contributed by atoms with E-state index in [2.05, 4.69) is 10.6 Å². The predicted octanol–water partition coefficient (Wildman–Crippen LogP) is 3.25. The summed E-state index contributed by atoms with van der Waals surface area (Å²) in [6, 6.07) is 13.5. The molecule has 2 aromatic rings. The lowest BCUT2D eigenvalue weighted by Gasteiger charge is -2.15. The van der Waals surface area contributed by atoms with Crippen LogP contribution in [-0.2, 0) is 9.59 Å². The molecule has 1 unspecified atom stereocenters. The monoisotopic (exact) mass is 340 g/mol. The number of Topliss-reactive ketones (excluding diaryl/α,β-unsaturated/α-hetero) is 1. The van der Waals surface area contributed by atoms with Crippen molar-refractivity contribution in [3.63, 3.8) is 0 Å². The van der Waals surface area contributed by atoms with Gasteiger partial charge in [0.05, 0.1) is 0 Å². The standard InChI is InChI=1S/C19H20N2O4/c1-12(22)15-5-4-6-17(11-15)21-19(24)13(2)25-18-9-7-16(8-10-18)20-14(3)23/h4-11,13H,1-3H3,(H,20,23)(H,21,24). The van der Waals surface area contributed by atoms with E-state index in [-0.39, 0.29) is 17.6 Å². The van der Waals surface area contributed by atoms with Crippen molar-refractivity contribution >= 4 is 29.0 Å². The first-order valence-electron chi connectivity index (χ1n) is 7.81. The molecule has 25 heavy (non-hydrogen) atoms. The lowest BCUT2D eigenvalue weighted by atomic mass is 10.1. The van der Waals surface area contributed by atoms with Crippen molar-refractivity contribution in [3.8, 4) is 5.75 Å². The van der Waals surface area contributed by atoms with Crippen LogP contribution in [-0.4, -0.2) is 23.7 Å². The average molecular weight is 340 g/mol. The van der Waals surface area contributed by atoms with E-state index in [0.717, 1.165) is 0 Å². The third kappa shape index (κ3) is 5.46. The summed E-state index contributed by atoms with van der Waals surface area (Å²) in [5.41, 5.74) is 1.71. The van der Waals surface area contributed by atoms with Gasteiger partial charge in [0.25, 0.3) is 5.91 Å². The largest absolute Gasteiger partial charge is 0.481 e. The SMILES string of the molecule is CC(=O)Nc1ccc(OC(C)C(=O)Nc2cccc(C(C)=O)c2)cc1. The Kier molecular flexibility index (Phi) is 5.89. The first-order chi connectivity index (χ1) is 11.8. The second-order valence-corrected chi connectivity index (χ2v) is 5.59. The number of hydrogen-bond donors (Lipinski definition) is 2. The molecule has 0 aliphatic rings. The predicted molar refractivity (Wildman–Crippen MR) is 95.9 cm³/mol. The van der Waals surface area contributed by atoms with Crippen LogP contribution in [0.1, 0.15) is 31.1 Å². The molecule has 0 aromatic heterocycles. The number of carbonyl (C=O) groups is 3. The lowest BCUT2D eigenvalue weighted by molar-refractivity contribution is -0.122. The Morgan fingerprint density at radius 2 is 1.60 bits per heavy atom. The van der Waals surface area contributed by atoms with E-state index in [0.29, 0.717) is 22.7 Å². The Hall–Kier alpha value is -3.15. The molecule has 0 heterocycles. The van der Waals surface area contributed by atoms with Crippen LogP contribution in [0.4, 0.5) is 11.4 Å². The highest BCUT2D eigenvalue weighted by Gasteiger charge is 2.15. The van der Waals surface area contributed by atoms with Crippen LogP contribution in [0.2, 0.25) is 0 Å². The molecule has 2 rings (SSSR count). The highest BCUT2D eigenvalue weighted by atomic mass is 16.5. The summed E-state index contributed by atoms with van der Waals surface area (Å²) in [5.74, 6) is -0.0465. The number of amides is 2. The highest BCUT2D eigenvalue weighted by molar-refractivity contribution is 5.98. The molecule has 0 aliphatic heterocycles. The smallest absolute Gasteiger partial charge is 0.265 e. The Labute approximate surface area is 146 Å². The lowest BCUT2D eigenvalue weighted by Crippen LogP contribution is -2.30. The summed E-state index contributed by atoms with van der Waals surface area (Å²) in [5, 5.41) is 5.38. The molecular formula is C19H20N2O4. The van der Waals surface area contributed by atoms with Gasteiger partial charge in [-0.2, -0.15) is 0 Å². The van der Waals surface area contributed by atoms with E-state index in [1.54, 1.807) is 55.5 Å². The van der Waals surface area contributed by atoms with Gasteiger partial charge in [0.15, 0.2) is 11.9 Å². The van der Waals surface area contributed by atoms with Crippen LogP contribution in [0, 0.1) is 0 Å². The number of rotatable bonds is 6. The summed E-state index contributed by atoms with van der Waals surface area (Å²) in [6.45, 7) is 4.53. The summed E-state index contributed by atoms with van der Waals surface area (Å²) in [4.78, 5) is 34.6. The van der Waals surface area contributed by atoms with Gasteiger partial charge in [-0.3, -0.25) is 14.4 Å². The van der Waals surface area contributed by atoms with Crippen molar-refractivity contribution in [3.05, 3.63) is 54.1 Å². The number of ketones is 1. The quantitative estimate of drug-likeness (QED) is 0.791. The molecule has 2 N–H and O–H groups in total. The maximum atomic E-state index is 12.2. The van der Waals surface area contributed by atoms with Gasteiger partial charge in [0.1, 0.15) is 5.75 Å². The fraction of sp³-hybridized carbons (Fsp3) is 0.211. The number of benzene rings is 2. The number of anilines is 2. The van der Waals surface area contributed by atoms with Crippen molar-refractivity contribution in [2.24, 2.45) is 0 Å². The maximum absolute atomic E-state index is 12.2. The van der Waals surface area contributed by atoms with E-state index in [1.165, 1.54) is 13.8 Å². The van der Waals surface area contributed by atoms with Gasteiger partial charge in [-0.1, -0.05) is 12.1 Å². The van der Waals surface area contributed by atoms with Gasteiger partial charge in [0.2, 0.25) is 5.91 Å². The van der Waals surface area contributed by atoms with Crippen LogP contribution in [0.3, 0.4) is 0 Å². The van der Waals surface area contributed by atoms with Crippen LogP contribution in [0.5, 0.6) is 5.75 Å². The Morgan fingerprint density at radius 3 is 2.20 bits per heavy atom. The van der Waals surface area contributed by atoms with E-state index >= 15 is 0 Å². The maximum Gasteiger partial charge on any atom is 0.265 e. The zero-order valence-corrected chi connectivity index (χ0v) is 14.3. The number of hydrogen-bond acceptors (Lipinski definition) is 4. The van der Waals surface area contributed by atoms with Gasteiger partial charge in [-0.15, -0.1) is 0 Å². The highest BCUT2D eigenvalue weighted by Crippen LogP contribution is 2.18. The van der Waals surface area contributed by atoms with Crippen LogP contribution < -0.4 is 15.4 Å². The van der Waals surface area contributed by atoms with Crippen molar-refractivity contribution in [2.45, 2.75) is 26.9 Å². The van der Waals surface area contributed by atoms with Crippen molar-refractivity contribution < 1.29 is 19.1 Å². The third-order valence-corrected chi connectivity index (χ3v) is 3.39. The molecular weight excluding hydrogens is 320 g/mol. The second-order valence-electron chi connectivity index (χ2n) is 5.59. The third-order valence-electron chi connectivity index (χ3n) is 3.39. The van der Waals surface area contributed by atoms with Gasteiger partial charge >= 0.3 is 0 Å². The van der Waals surface area contributed by atoms with E-state index in [1.807, 2.05) is 0 Å². The van der Waals surface area contributed by atoms with Crippen LogP contribution >= 0.6 is 0 Å². The molecule has 0 aliphatic carbocycles. The van der Waals surface area contributed by atoms with Crippen molar-refractivity contribution in [1.29, 1.82) is 0 Å². The zero-order chi connectivity index (χ0) is 18.4. The summed E-state index contributed by atoms with van der Waals surface area (Å²) < 4.78 is 5.59. The summed E-state index contributed by atoms with van der Waals surface area (Å²) in [6.07, 6.45) is -0.729. The number of carbonyl (C=O) groups excluding carboxylic acids is 3. The molecule has 0 bridgehead atoms.